The summed E-state index contributed by atoms with van der Waals surface area (Å²) < 4.78 is 5.38. The van der Waals surface area contributed by atoms with Gasteiger partial charge in [0.1, 0.15) is 6.61 Å². The largest absolute Gasteiger partial charge is 0.366 e. The molecule has 1 aromatic heterocycles. The summed E-state index contributed by atoms with van der Waals surface area (Å²) in [5.74, 6) is -0.149. The highest BCUT2D eigenvalue weighted by Gasteiger charge is 2.13. The summed E-state index contributed by atoms with van der Waals surface area (Å²) in [5.41, 5.74) is 1.41. The summed E-state index contributed by atoms with van der Waals surface area (Å²) in [5, 5.41) is 2.78. The van der Waals surface area contributed by atoms with Crippen LogP contribution in [0.2, 0.25) is 0 Å². The Labute approximate surface area is 96.0 Å². The van der Waals surface area contributed by atoms with Gasteiger partial charge >= 0.3 is 0 Å². The third-order valence-electron chi connectivity index (χ3n) is 1.93. The molecule has 1 rings (SSSR count). The molecular weight excluding hydrogens is 204 g/mol. The fourth-order valence-electron chi connectivity index (χ4n) is 1.08. The number of hydrogen-bond donors (Lipinski definition) is 1. The molecule has 0 saturated heterocycles. The lowest BCUT2D eigenvalue weighted by molar-refractivity contribution is -0.125. The van der Waals surface area contributed by atoms with Crippen LogP contribution in [0.15, 0.2) is 18.5 Å². The van der Waals surface area contributed by atoms with Crippen molar-refractivity contribution in [1.82, 2.24) is 4.98 Å². The molecule has 0 aliphatic rings. The Morgan fingerprint density at radius 1 is 1.50 bits per heavy atom. The minimum atomic E-state index is -0.301. The van der Waals surface area contributed by atoms with Crippen LogP contribution in [0.1, 0.15) is 26.3 Å². The lowest BCUT2D eigenvalue weighted by Crippen LogP contribution is -2.27. The van der Waals surface area contributed by atoms with E-state index in [1.54, 1.807) is 18.5 Å². The molecule has 0 saturated carbocycles. The van der Waals surface area contributed by atoms with Crippen molar-refractivity contribution in [1.29, 1.82) is 0 Å². The number of aryl methyl sites for hydroxylation is 1. The Balaban J connectivity index is 2.50. The molecule has 4 heteroatoms. The van der Waals surface area contributed by atoms with Gasteiger partial charge in [0.25, 0.3) is 0 Å². The number of carbonyl (C=O) groups is 1. The number of carbonyl (C=O) groups excluding carboxylic acids is 1. The van der Waals surface area contributed by atoms with Crippen molar-refractivity contribution in [3.8, 4) is 0 Å². The number of pyridine rings is 1. The maximum atomic E-state index is 11.6. The Bertz CT molecular complexity index is 370. The number of nitrogens with zero attached hydrogens (tertiary/aromatic N) is 1. The molecule has 88 valence electrons. The van der Waals surface area contributed by atoms with Crippen LogP contribution >= 0.6 is 0 Å². The summed E-state index contributed by atoms with van der Waals surface area (Å²) in [7, 11) is 0. The number of amides is 1. The van der Waals surface area contributed by atoms with Gasteiger partial charge in [0.15, 0.2) is 0 Å². The van der Waals surface area contributed by atoms with Crippen LogP contribution in [0.5, 0.6) is 0 Å². The van der Waals surface area contributed by atoms with E-state index in [2.05, 4.69) is 10.3 Å². The average molecular weight is 222 g/mol. The molecule has 0 radical (unpaired) electrons. The van der Waals surface area contributed by atoms with Crippen LogP contribution in [0.3, 0.4) is 0 Å². The normalized spacial score (nSPS) is 11.2. The van der Waals surface area contributed by atoms with Crippen LogP contribution in [0.25, 0.3) is 0 Å². The van der Waals surface area contributed by atoms with E-state index in [9.17, 15) is 4.79 Å². The lowest BCUT2D eigenvalue weighted by atomic mass is 10.2. The molecule has 0 aliphatic carbocycles. The van der Waals surface area contributed by atoms with Gasteiger partial charge in [-0.2, -0.15) is 0 Å². The number of anilines is 1. The van der Waals surface area contributed by atoms with Gasteiger partial charge in [-0.25, -0.2) is 0 Å². The number of hydrogen-bond acceptors (Lipinski definition) is 3. The smallest absolute Gasteiger partial charge is 0.250 e. The zero-order chi connectivity index (χ0) is 12.2. The predicted octanol–water partition coefficient (Wildman–Crippen LogP) is 2.14. The van der Waals surface area contributed by atoms with Gasteiger partial charge in [0, 0.05) is 18.1 Å². The molecule has 0 aromatic carbocycles. The van der Waals surface area contributed by atoms with Crippen molar-refractivity contribution < 1.29 is 9.53 Å². The molecule has 4 nitrogen and oxygen atoms in total. The highest BCUT2D eigenvalue weighted by atomic mass is 16.5. The van der Waals surface area contributed by atoms with E-state index in [0.717, 1.165) is 11.3 Å². The number of rotatable bonds is 3. The molecule has 1 aromatic rings. The topological polar surface area (TPSA) is 51.2 Å². The maximum Gasteiger partial charge on any atom is 0.250 e. The van der Waals surface area contributed by atoms with Crippen molar-refractivity contribution in [3.05, 3.63) is 24.0 Å². The van der Waals surface area contributed by atoms with E-state index in [1.807, 2.05) is 27.7 Å². The van der Waals surface area contributed by atoms with Crippen LogP contribution in [-0.2, 0) is 9.53 Å². The Morgan fingerprint density at radius 3 is 2.75 bits per heavy atom. The Hall–Kier alpha value is -1.42. The monoisotopic (exact) mass is 222 g/mol. The van der Waals surface area contributed by atoms with Gasteiger partial charge in [-0.05, 0) is 39.3 Å². The molecule has 1 amide bonds. The fraction of sp³-hybridized carbons (Fsp3) is 0.500. The first-order valence-corrected chi connectivity index (χ1v) is 5.23. The summed E-state index contributed by atoms with van der Waals surface area (Å²) >= 11 is 0. The third kappa shape index (κ3) is 4.40. The molecular formula is C12H18N2O2. The van der Waals surface area contributed by atoms with Gasteiger partial charge in [0.2, 0.25) is 5.91 Å². The van der Waals surface area contributed by atoms with Crippen LogP contribution in [0.4, 0.5) is 5.69 Å². The van der Waals surface area contributed by atoms with Crippen molar-refractivity contribution in [2.24, 2.45) is 0 Å². The highest BCUT2D eigenvalue weighted by molar-refractivity contribution is 5.92. The highest BCUT2D eigenvalue weighted by Crippen LogP contribution is 2.12. The quantitative estimate of drug-likeness (QED) is 0.852. The minimum absolute atomic E-state index is 0.0608. The Morgan fingerprint density at radius 2 is 2.19 bits per heavy atom. The van der Waals surface area contributed by atoms with E-state index in [-0.39, 0.29) is 18.1 Å². The molecule has 0 atom stereocenters. The van der Waals surface area contributed by atoms with Crippen LogP contribution in [0, 0.1) is 6.92 Å². The SMILES string of the molecule is Cc1cnccc1NC(=O)COC(C)(C)C. The van der Waals surface area contributed by atoms with Crippen molar-refractivity contribution in [3.63, 3.8) is 0 Å². The molecule has 0 spiro atoms. The molecule has 1 heterocycles. The van der Waals surface area contributed by atoms with Crippen molar-refractivity contribution >= 4 is 11.6 Å². The van der Waals surface area contributed by atoms with Gasteiger partial charge < -0.3 is 10.1 Å². The van der Waals surface area contributed by atoms with Crippen LogP contribution in [-0.4, -0.2) is 23.1 Å². The van der Waals surface area contributed by atoms with E-state index >= 15 is 0 Å². The predicted molar refractivity (Wildman–Crippen MR) is 63.3 cm³/mol. The number of ether oxygens (including phenoxy) is 1. The first kappa shape index (κ1) is 12.6. The van der Waals surface area contributed by atoms with E-state index in [0.29, 0.717) is 0 Å². The third-order valence-corrected chi connectivity index (χ3v) is 1.93. The fourth-order valence-corrected chi connectivity index (χ4v) is 1.08. The summed E-state index contributed by atoms with van der Waals surface area (Å²) in [6.45, 7) is 7.70. The molecule has 1 N–H and O–H groups in total. The zero-order valence-corrected chi connectivity index (χ0v) is 10.2. The summed E-state index contributed by atoms with van der Waals surface area (Å²) in [6.07, 6.45) is 3.35. The summed E-state index contributed by atoms with van der Waals surface area (Å²) in [6, 6.07) is 1.77. The molecule has 0 aliphatic heterocycles. The zero-order valence-electron chi connectivity index (χ0n) is 10.2. The second-order valence-electron chi connectivity index (χ2n) is 4.64. The van der Waals surface area contributed by atoms with Gasteiger partial charge in [-0.3, -0.25) is 9.78 Å². The molecule has 0 bridgehead atoms. The standard InChI is InChI=1S/C12H18N2O2/c1-9-7-13-6-5-10(9)14-11(15)8-16-12(2,3)4/h5-7H,8H2,1-4H3,(H,13,14,15). The van der Waals surface area contributed by atoms with E-state index in [1.165, 1.54) is 0 Å². The van der Waals surface area contributed by atoms with E-state index < -0.39 is 0 Å². The Kier molecular flexibility index (Phi) is 4.01. The number of nitrogens with one attached hydrogen (secondary N) is 1. The second kappa shape index (κ2) is 5.07. The average Bonchev–Trinajstić information content (AvgIpc) is 2.18. The first-order valence-electron chi connectivity index (χ1n) is 5.23. The first-order chi connectivity index (χ1) is 7.38. The minimum Gasteiger partial charge on any atom is -0.366 e. The van der Waals surface area contributed by atoms with Crippen molar-refractivity contribution in [2.75, 3.05) is 11.9 Å². The summed E-state index contributed by atoms with van der Waals surface area (Å²) in [4.78, 5) is 15.5. The van der Waals surface area contributed by atoms with Crippen molar-refractivity contribution in [2.45, 2.75) is 33.3 Å². The van der Waals surface area contributed by atoms with Gasteiger partial charge in [0.05, 0.1) is 5.60 Å². The molecule has 0 fully saturated rings. The van der Waals surface area contributed by atoms with E-state index in [4.69, 9.17) is 4.74 Å². The second-order valence-corrected chi connectivity index (χ2v) is 4.64. The maximum absolute atomic E-state index is 11.6. The van der Waals surface area contributed by atoms with Gasteiger partial charge in [-0.1, -0.05) is 0 Å². The van der Waals surface area contributed by atoms with Gasteiger partial charge in [-0.15, -0.1) is 0 Å². The lowest BCUT2D eigenvalue weighted by Gasteiger charge is -2.19. The number of aromatic nitrogens is 1. The molecule has 16 heavy (non-hydrogen) atoms. The molecule has 0 unspecified atom stereocenters. The van der Waals surface area contributed by atoms with Crippen LogP contribution < -0.4 is 5.32 Å².